The van der Waals surface area contributed by atoms with Gasteiger partial charge >= 0.3 is 11.9 Å². The summed E-state index contributed by atoms with van der Waals surface area (Å²) in [6.07, 6.45) is -4.47. The molecule has 0 unspecified atom stereocenters. The van der Waals surface area contributed by atoms with Crippen LogP contribution in [0.5, 0.6) is 0 Å². The molecule has 0 atom stereocenters. The van der Waals surface area contributed by atoms with E-state index in [9.17, 15) is 23.3 Å². The van der Waals surface area contributed by atoms with Crippen LogP contribution in [0.2, 0.25) is 5.15 Å². The lowest BCUT2D eigenvalue weighted by Gasteiger charge is -2.08. The van der Waals surface area contributed by atoms with Crippen molar-refractivity contribution in [3.05, 3.63) is 21.6 Å². The van der Waals surface area contributed by atoms with Crippen molar-refractivity contribution in [1.82, 2.24) is 9.97 Å². The third-order valence-electron chi connectivity index (χ3n) is 1.89. The number of hydrogen-bond acceptors (Lipinski definition) is 5. The smallest absolute Gasteiger partial charge is 0.364 e. The molecule has 6 nitrogen and oxygen atoms in total. The van der Waals surface area contributed by atoms with E-state index in [1.54, 1.807) is 0 Å². The highest BCUT2D eigenvalue weighted by atomic mass is 35.5. The maximum atomic E-state index is 11.9. The van der Waals surface area contributed by atoms with Gasteiger partial charge in [-0.3, -0.25) is 10.1 Å². The second-order valence-electron chi connectivity index (χ2n) is 3.26. The van der Waals surface area contributed by atoms with Crippen LogP contribution >= 0.6 is 11.6 Å². The van der Waals surface area contributed by atoms with Gasteiger partial charge in [-0.25, -0.2) is 9.97 Å². The predicted octanol–water partition coefficient (Wildman–Crippen LogP) is 2.79. The van der Waals surface area contributed by atoms with E-state index in [1.807, 2.05) is 0 Å². The van der Waals surface area contributed by atoms with Crippen LogP contribution in [0.25, 0.3) is 0 Å². The van der Waals surface area contributed by atoms with Crippen LogP contribution in [0.3, 0.4) is 0 Å². The highest BCUT2D eigenvalue weighted by Crippen LogP contribution is 2.28. The summed E-state index contributed by atoms with van der Waals surface area (Å²) < 4.78 is 35.6. The third kappa shape index (κ3) is 4.32. The van der Waals surface area contributed by atoms with Gasteiger partial charge < -0.3 is 5.32 Å². The fourth-order valence-corrected chi connectivity index (χ4v) is 1.35. The van der Waals surface area contributed by atoms with E-state index >= 15 is 0 Å². The molecule has 0 saturated heterocycles. The summed E-state index contributed by atoms with van der Waals surface area (Å²) in [5, 5.41) is 12.7. The summed E-state index contributed by atoms with van der Waals surface area (Å²) in [7, 11) is 0. The molecule has 1 rings (SSSR count). The Morgan fingerprint density at radius 2 is 2.11 bits per heavy atom. The first-order chi connectivity index (χ1) is 8.31. The van der Waals surface area contributed by atoms with Crippen molar-refractivity contribution in [3.8, 4) is 0 Å². The Bertz CT molecular complexity index is 441. The summed E-state index contributed by atoms with van der Waals surface area (Å²) in [5.41, 5.74) is -0.550. The fraction of sp³-hybridized carbons (Fsp3) is 0.500. The molecular weight excluding hydrogens is 277 g/mol. The topological polar surface area (TPSA) is 81.0 Å². The van der Waals surface area contributed by atoms with E-state index < -0.39 is 23.2 Å². The van der Waals surface area contributed by atoms with Gasteiger partial charge in [0.05, 0.1) is 4.92 Å². The maximum absolute atomic E-state index is 11.9. The first kappa shape index (κ1) is 14.4. The zero-order valence-corrected chi connectivity index (χ0v) is 9.62. The van der Waals surface area contributed by atoms with Gasteiger partial charge in [-0.15, -0.1) is 0 Å². The molecule has 10 heteroatoms. The summed E-state index contributed by atoms with van der Waals surface area (Å²) in [5.74, 6) is -0.192. The van der Waals surface area contributed by atoms with Crippen molar-refractivity contribution in [2.24, 2.45) is 0 Å². The molecule has 100 valence electrons. The van der Waals surface area contributed by atoms with Crippen LogP contribution in [0.15, 0.2) is 6.33 Å². The van der Waals surface area contributed by atoms with Gasteiger partial charge in [0.15, 0.2) is 0 Å². The monoisotopic (exact) mass is 284 g/mol. The molecule has 0 fully saturated rings. The highest BCUT2D eigenvalue weighted by Gasteiger charge is 2.26. The normalized spacial score (nSPS) is 11.3. The number of alkyl halides is 3. The van der Waals surface area contributed by atoms with E-state index in [1.165, 1.54) is 0 Å². The average Bonchev–Trinajstić information content (AvgIpc) is 2.22. The molecule has 0 aromatic carbocycles. The first-order valence-corrected chi connectivity index (χ1v) is 5.14. The van der Waals surface area contributed by atoms with Crippen molar-refractivity contribution in [2.75, 3.05) is 11.9 Å². The zero-order chi connectivity index (χ0) is 13.8. The van der Waals surface area contributed by atoms with Gasteiger partial charge in [0.25, 0.3) is 0 Å². The molecule has 1 N–H and O–H groups in total. The first-order valence-electron chi connectivity index (χ1n) is 4.77. The lowest BCUT2D eigenvalue weighted by Crippen LogP contribution is -2.12. The van der Waals surface area contributed by atoms with Gasteiger partial charge in [0, 0.05) is 13.0 Å². The lowest BCUT2D eigenvalue weighted by atomic mass is 10.3. The van der Waals surface area contributed by atoms with Crippen molar-refractivity contribution < 1.29 is 18.1 Å². The molecule has 0 aliphatic carbocycles. The molecule has 18 heavy (non-hydrogen) atoms. The van der Waals surface area contributed by atoms with Crippen LogP contribution in [0.4, 0.5) is 24.7 Å². The number of aromatic nitrogens is 2. The molecule has 0 saturated carbocycles. The molecule has 1 heterocycles. The third-order valence-corrected chi connectivity index (χ3v) is 2.17. The van der Waals surface area contributed by atoms with Gasteiger partial charge in [-0.05, 0) is 6.42 Å². The van der Waals surface area contributed by atoms with Gasteiger partial charge in [-0.1, -0.05) is 11.6 Å². The second kappa shape index (κ2) is 5.80. The van der Waals surface area contributed by atoms with Crippen LogP contribution in [-0.4, -0.2) is 27.6 Å². The Morgan fingerprint density at radius 3 is 2.67 bits per heavy atom. The van der Waals surface area contributed by atoms with Crippen LogP contribution < -0.4 is 5.32 Å². The van der Waals surface area contributed by atoms with Crippen LogP contribution in [0.1, 0.15) is 12.8 Å². The summed E-state index contributed by atoms with van der Waals surface area (Å²) in [6.45, 7) is -0.103. The van der Waals surface area contributed by atoms with Crippen LogP contribution in [0, 0.1) is 10.1 Å². The van der Waals surface area contributed by atoms with Gasteiger partial charge in [-0.2, -0.15) is 13.2 Å². The van der Waals surface area contributed by atoms with Crippen molar-refractivity contribution in [3.63, 3.8) is 0 Å². The Balaban J connectivity index is 2.63. The lowest BCUT2D eigenvalue weighted by molar-refractivity contribution is -0.384. The SMILES string of the molecule is O=[N+]([O-])c1c(Cl)ncnc1NCCCC(F)(F)F. The van der Waals surface area contributed by atoms with Gasteiger partial charge in [0.2, 0.25) is 11.0 Å². The number of nitrogens with zero attached hydrogens (tertiary/aromatic N) is 3. The standard InChI is InChI=1S/C8H8ClF3N4O2/c9-6-5(16(17)18)7(15-4-14-6)13-3-1-2-8(10,11)12/h4H,1-3H2,(H,13,14,15). The number of nitro groups is 1. The highest BCUT2D eigenvalue weighted by molar-refractivity contribution is 6.31. The minimum Gasteiger partial charge on any atom is -0.364 e. The quantitative estimate of drug-likeness (QED) is 0.389. The Morgan fingerprint density at radius 1 is 1.44 bits per heavy atom. The number of nitrogens with one attached hydrogen (secondary N) is 1. The second-order valence-corrected chi connectivity index (χ2v) is 3.62. The predicted molar refractivity (Wildman–Crippen MR) is 57.5 cm³/mol. The minimum absolute atomic E-state index is 0.103. The molecule has 0 radical (unpaired) electrons. The van der Waals surface area contributed by atoms with E-state index in [4.69, 9.17) is 11.6 Å². The van der Waals surface area contributed by atoms with Gasteiger partial charge in [0.1, 0.15) is 6.33 Å². The number of halogens is 4. The molecule has 1 aromatic rings. The molecule has 0 aliphatic heterocycles. The van der Waals surface area contributed by atoms with Crippen molar-refractivity contribution in [2.45, 2.75) is 19.0 Å². The minimum atomic E-state index is -4.25. The molecule has 0 bridgehead atoms. The van der Waals surface area contributed by atoms with E-state index in [2.05, 4.69) is 15.3 Å². The van der Waals surface area contributed by atoms with E-state index in [-0.39, 0.29) is 23.9 Å². The molecule has 0 spiro atoms. The molecule has 0 amide bonds. The van der Waals surface area contributed by atoms with Crippen molar-refractivity contribution >= 4 is 23.1 Å². The maximum Gasteiger partial charge on any atom is 0.389 e. The fourth-order valence-electron chi connectivity index (χ4n) is 1.14. The van der Waals surface area contributed by atoms with E-state index in [0.717, 1.165) is 6.33 Å². The van der Waals surface area contributed by atoms with Crippen molar-refractivity contribution in [1.29, 1.82) is 0 Å². The van der Waals surface area contributed by atoms with E-state index in [0.29, 0.717) is 0 Å². The molecule has 0 aliphatic rings. The molecular formula is C8H8ClF3N4O2. The number of rotatable bonds is 5. The number of hydrogen-bond donors (Lipinski definition) is 1. The summed E-state index contributed by atoms with van der Waals surface area (Å²) in [6, 6.07) is 0. The van der Waals surface area contributed by atoms with Crippen LogP contribution in [-0.2, 0) is 0 Å². The average molecular weight is 285 g/mol. The summed E-state index contributed by atoms with van der Waals surface area (Å²) in [4.78, 5) is 16.8. The number of anilines is 1. The zero-order valence-electron chi connectivity index (χ0n) is 8.87. The Labute approximate surface area is 104 Å². The largest absolute Gasteiger partial charge is 0.389 e. The summed E-state index contributed by atoms with van der Waals surface area (Å²) >= 11 is 5.50. The molecule has 1 aromatic heterocycles. The Kier molecular flexibility index (Phi) is 4.65. The Hall–Kier alpha value is -1.64.